The molecule has 0 spiro atoms. The van der Waals surface area contributed by atoms with Gasteiger partial charge in [-0.25, -0.2) is 14.1 Å². The van der Waals surface area contributed by atoms with Gasteiger partial charge in [0.2, 0.25) is 5.95 Å². The predicted octanol–water partition coefficient (Wildman–Crippen LogP) is -1.62. The zero-order chi connectivity index (χ0) is 23.9. The fourth-order valence-electron chi connectivity index (χ4n) is 3.20. The average Bonchev–Trinajstić information content (AvgIpc) is 3.17. The van der Waals surface area contributed by atoms with Gasteiger partial charge >= 0.3 is 15.6 Å². The van der Waals surface area contributed by atoms with Crippen LogP contribution in [0.2, 0.25) is 0 Å². The third-order valence-electron chi connectivity index (χ3n) is 4.49. The Labute approximate surface area is 179 Å². The summed E-state index contributed by atoms with van der Waals surface area (Å²) < 4.78 is 43.3. The van der Waals surface area contributed by atoms with Crippen molar-refractivity contribution < 1.29 is 47.2 Å². The molecular formula is C14H19N5O11P2. The van der Waals surface area contributed by atoms with Gasteiger partial charge in [0, 0.05) is 0 Å². The molecule has 176 valence electrons. The van der Waals surface area contributed by atoms with Gasteiger partial charge in [-0.3, -0.25) is 18.9 Å². The van der Waals surface area contributed by atoms with Crippen molar-refractivity contribution in [3.05, 3.63) is 16.7 Å². The van der Waals surface area contributed by atoms with E-state index in [0.29, 0.717) is 0 Å². The van der Waals surface area contributed by atoms with Crippen LogP contribution < -0.4 is 11.3 Å². The molecule has 1 fully saturated rings. The Kier molecular flexibility index (Phi) is 6.62. The topological polar surface area (TPSA) is 242 Å². The third kappa shape index (κ3) is 4.92. The van der Waals surface area contributed by atoms with Crippen LogP contribution in [0.25, 0.3) is 11.2 Å². The maximum Gasteiger partial charge on any atom is 0.481 e. The number of anilines is 1. The van der Waals surface area contributed by atoms with E-state index in [1.807, 2.05) is 0 Å². The number of nitrogen functional groups attached to an aromatic ring is 1. The Morgan fingerprint density at radius 1 is 1.44 bits per heavy atom. The fraction of sp³-hybridized carbons (Fsp3) is 0.500. The number of rotatable bonds is 8. The number of nitrogens with zero attached hydrogens (tertiary/aromatic N) is 3. The van der Waals surface area contributed by atoms with Crippen molar-refractivity contribution in [2.24, 2.45) is 0 Å². The van der Waals surface area contributed by atoms with E-state index in [2.05, 4.69) is 29.7 Å². The van der Waals surface area contributed by atoms with E-state index in [-0.39, 0.29) is 23.7 Å². The van der Waals surface area contributed by atoms with Gasteiger partial charge in [0.15, 0.2) is 16.9 Å². The summed E-state index contributed by atoms with van der Waals surface area (Å²) in [6.07, 6.45) is 2.29. The van der Waals surface area contributed by atoms with E-state index in [1.54, 1.807) is 0 Å². The van der Waals surface area contributed by atoms with Gasteiger partial charge in [0.25, 0.3) is 5.56 Å². The van der Waals surface area contributed by atoms with Crippen molar-refractivity contribution in [1.82, 2.24) is 19.5 Å². The van der Waals surface area contributed by atoms with Crippen molar-refractivity contribution >= 4 is 32.8 Å². The van der Waals surface area contributed by atoms with Crippen molar-refractivity contribution in [3.63, 3.8) is 0 Å². The molecule has 1 unspecified atom stereocenters. The van der Waals surface area contributed by atoms with Crippen LogP contribution in [0.3, 0.4) is 0 Å². The number of ether oxygens (including phenoxy) is 2. The molecule has 0 aliphatic carbocycles. The van der Waals surface area contributed by atoms with E-state index in [0.717, 1.165) is 6.33 Å². The molecule has 32 heavy (non-hydrogen) atoms. The van der Waals surface area contributed by atoms with Crippen molar-refractivity contribution in [3.8, 4) is 12.3 Å². The molecule has 3 heterocycles. The van der Waals surface area contributed by atoms with Gasteiger partial charge in [-0.1, -0.05) is 5.92 Å². The van der Waals surface area contributed by atoms with Crippen LogP contribution in [-0.2, 0) is 33.2 Å². The first-order valence-electron chi connectivity index (χ1n) is 8.66. The standard InChI is InChI=1S/C14H19N5O11P2/c1-3-4-27-9-7(5-28-32(25,26)30-31(22,23)24)29-14(2,10(9)20)19-6-16-8-11(19)17-13(15)18-12(8)21/h1,6-7,9-10,20H,4-5H2,2H3,(H,25,26)(H2,22,23,24)(H3,15,17,18,21)/t7-,9-,10-,14-/m1/s1. The number of aliphatic hydroxyl groups is 1. The summed E-state index contributed by atoms with van der Waals surface area (Å²) in [6.45, 7) is 0.288. The van der Waals surface area contributed by atoms with E-state index < -0.39 is 51.8 Å². The maximum atomic E-state index is 12.1. The number of nitrogens with one attached hydrogen (secondary N) is 1. The Hall–Kier alpha value is -2.15. The largest absolute Gasteiger partial charge is 0.481 e. The fourth-order valence-corrected chi connectivity index (χ4v) is 4.80. The second-order valence-electron chi connectivity index (χ2n) is 6.71. The number of phosphoric ester groups is 1. The van der Waals surface area contributed by atoms with Crippen molar-refractivity contribution in [2.75, 3.05) is 18.9 Å². The number of hydrogen-bond acceptors (Lipinski definition) is 11. The first-order valence-corrected chi connectivity index (χ1v) is 11.7. The van der Waals surface area contributed by atoms with Crippen LogP contribution in [0, 0.1) is 12.3 Å². The van der Waals surface area contributed by atoms with Crippen LogP contribution in [0.15, 0.2) is 11.1 Å². The lowest BCUT2D eigenvalue weighted by atomic mass is 10.0. The number of phosphoric acid groups is 2. The minimum absolute atomic E-state index is 0.0391. The summed E-state index contributed by atoms with van der Waals surface area (Å²) in [6, 6.07) is 0. The number of aromatic amines is 1. The van der Waals surface area contributed by atoms with Crippen molar-refractivity contribution in [2.45, 2.75) is 31.0 Å². The molecule has 2 aromatic heterocycles. The lowest BCUT2D eigenvalue weighted by molar-refractivity contribution is -0.131. The molecule has 1 aliphatic rings. The highest BCUT2D eigenvalue weighted by Gasteiger charge is 2.55. The quantitative estimate of drug-likeness (QED) is 0.178. The Bertz CT molecular complexity index is 1200. The summed E-state index contributed by atoms with van der Waals surface area (Å²) in [5.74, 6) is 1.96. The molecule has 0 aromatic carbocycles. The molecular weight excluding hydrogens is 476 g/mol. The second kappa shape index (κ2) is 8.65. The molecule has 2 aromatic rings. The first-order chi connectivity index (χ1) is 14.8. The number of terminal acetylenes is 1. The van der Waals surface area contributed by atoms with Gasteiger partial charge in [-0.2, -0.15) is 9.29 Å². The van der Waals surface area contributed by atoms with Crippen LogP contribution in [-0.4, -0.2) is 70.8 Å². The molecule has 5 atom stereocenters. The van der Waals surface area contributed by atoms with Crippen LogP contribution >= 0.6 is 15.6 Å². The number of nitrogens with two attached hydrogens (primary N) is 1. The lowest BCUT2D eigenvalue weighted by Gasteiger charge is -2.29. The van der Waals surface area contributed by atoms with Crippen molar-refractivity contribution in [1.29, 1.82) is 0 Å². The second-order valence-corrected chi connectivity index (χ2v) is 9.54. The zero-order valence-corrected chi connectivity index (χ0v) is 18.0. The molecule has 1 aliphatic heterocycles. The summed E-state index contributed by atoms with van der Waals surface area (Å²) >= 11 is 0. The number of hydrogen-bond donors (Lipinski definition) is 6. The minimum atomic E-state index is -5.35. The molecule has 1 saturated heterocycles. The highest BCUT2D eigenvalue weighted by molar-refractivity contribution is 7.60. The van der Waals surface area contributed by atoms with Gasteiger partial charge in [-0.15, -0.1) is 6.42 Å². The monoisotopic (exact) mass is 495 g/mol. The summed E-state index contributed by atoms with van der Waals surface area (Å²) in [4.78, 5) is 49.2. The molecule has 7 N–H and O–H groups in total. The third-order valence-corrected chi connectivity index (χ3v) is 6.64. The summed E-state index contributed by atoms with van der Waals surface area (Å²) in [5, 5.41) is 10.9. The molecule has 3 rings (SSSR count). The minimum Gasteiger partial charge on any atom is -0.385 e. The van der Waals surface area contributed by atoms with E-state index in [4.69, 9.17) is 31.4 Å². The maximum absolute atomic E-state index is 12.1. The van der Waals surface area contributed by atoms with E-state index in [9.17, 15) is 23.9 Å². The smallest absolute Gasteiger partial charge is 0.385 e. The van der Waals surface area contributed by atoms with Gasteiger partial charge in [0.05, 0.1) is 12.9 Å². The highest BCUT2D eigenvalue weighted by atomic mass is 31.3. The normalized spacial score (nSPS) is 27.9. The van der Waals surface area contributed by atoms with Gasteiger partial charge in [0.1, 0.15) is 24.9 Å². The number of fused-ring (bicyclic) bond motifs is 1. The predicted molar refractivity (Wildman–Crippen MR) is 105 cm³/mol. The Morgan fingerprint density at radius 3 is 2.75 bits per heavy atom. The summed E-state index contributed by atoms with van der Waals surface area (Å²) in [5.41, 5.74) is 3.09. The molecule has 0 amide bonds. The van der Waals surface area contributed by atoms with E-state index in [1.165, 1.54) is 11.5 Å². The molecule has 16 nitrogen and oxygen atoms in total. The van der Waals surface area contributed by atoms with Crippen LogP contribution in [0.5, 0.6) is 0 Å². The van der Waals surface area contributed by atoms with Gasteiger partial charge < -0.3 is 35.0 Å². The Morgan fingerprint density at radius 2 is 2.12 bits per heavy atom. The number of H-pyrrole nitrogens is 1. The number of imidazole rings is 1. The number of aromatic nitrogens is 4. The average molecular weight is 495 g/mol. The van der Waals surface area contributed by atoms with Crippen LogP contribution in [0.4, 0.5) is 5.95 Å². The number of aliphatic hydroxyl groups excluding tert-OH is 1. The lowest BCUT2D eigenvalue weighted by Crippen LogP contribution is -2.44. The van der Waals surface area contributed by atoms with Gasteiger partial charge in [-0.05, 0) is 6.92 Å². The molecule has 18 heteroatoms. The summed E-state index contributed by atoms with van der Waals surface area (Å²) in [7, 11) is -10.6. The molecule has 0 radical (unpaired) electrons. The first kappa shape index (κ1) is 24.5. The zero-order valence-electron chi connectivity index (χ0n) is 16.3. The van der Waals surface area contributed by atoms with E-state index >= 15 is 0 Å². The SMILES string of the molecule is C#CCO[C@H]1[C@@H](O)[C@](C)(n2cnc3c(=O)[nH]c(N)nc32)O[C@@H]1COP(=O)(O)OP(=O)(O)O. The molecule has 0 saturated carbocycles. The molecule has 0 bridgehead atoms. The van der Waals surface area contributed by atoms with Crippen LogP contribution in [0.1, 0.15) is 6.92 Å². The Balaban J connectivity index is 1.94. The highest BCUT2D eigenvalue weighted by Crippen LogP contribution is 2.57.